The van der Waals surface area contributed by atoms with Crippen molar-refractivity contribution in [2.75, 3.05) is 38.6 Å². The van der Waals surface area contributed by atoms with Gasteiger partial charge in [0.25, 0.3) is 5.91 Å². The van der Waals surface area contributed by atoms with E-state index in [9.17, 15) is 22.8 Å². The number of carbonyl (C=O) groups excluding carboxylic acids is 3. The topological polar surface area (TPSA) is 122 Å². The molecule has 10 nitrogen and oxygen atoms in total. The van der Waals surface area contributed by atoms with Crippen molar-refractivity contribution in [3.8, 4) is 0 Å². The van der Waals surface area contributed by atoms with Gasteiger partial charge in [-0.1, -0.05) is 48.9 Å². The zero-order valence-electron chi connectivity index (χ0n) is 21.4. The van der Waals surface area contributed by atoms with Gasteiger partial charge in [-0.05, 0) is 23.8 Å². The van der Waals surface area contributed by atoms with Crippen LogP contribution in [0.2, 0.25) is 4.34 Å². The van der Waals surface area contributed by atoms with Crippen LogP contribution in [0.4, 0.5) is 0 Å². The van der Waals surface area contributed by atoms with E-state index in [-0.39, 0.29) is 36.9 Å². The van der Waals surface area contributed by atoms with Crippen molar-refractivity contribution in [2.45, 2.75) is 31.9 Å². The lowest BCUT2D eigenvalue weighted by atomic mass is 10.1. The Balaban J connectivity index is 1.43. The van der Waals surface area contributed by atoms with Crippen LogP contribution in [0.15, 0.2) is 54.2 Å². The third kappa shape index (κ3) is 7.81. The largest absolute Gasteiger partial charge is 0.461 e. The summed E-state index contributed by atoms with van der Waals surface area (Å²) >= 11 is 7.27. The Morgan fingerprint density at radius 2 is 1.87 bits per heavy atom. The van der Waals surface area contributed by atoms with E-state index in [0.717, 1.165) is 10.4 Å². The Kier molecular flexibility index (Phi) is 9.65. The number of carbonyl (C=O) groups is 3. The molecule has 0 radical (unpaired) electrons. The van der Waals surface area contributed by atoms with Crippen molar-refractivity contribution in [3.63, 3.8) is 0 Å². The third-order valence-electron chi connectivity index (χ3n) is 6.38. The minimum atomic E-state index is -3.89. The molecule has 0 aliphatic carbocycles. The van der Waals surface area contributed by atoms with E-state index in [1.165, 1.54) is 22.3 Å². The highest BCUT2D eigenvalue weighted by Gasteiger charge is 2.39. The molecule has 1 unspecified atom stereocenters. The van der Waals surface area contributed by atoms with E-state index >= 15 is 0 Å². The predicted octanol–water partition coefficient (Wildman–Crippen LogP) is 2.51. The van der Waals surface area contributed by atoms with Crippen LogP contribution >= 0.6 is 22.9 Å². The molecule has 1 saturated heterocycles. The van der Waals surface area contributed by atoms with Gasteiger partial charge in [0.1, 0.15) is 18.3 Å². The fourth-order valence-electron chi connectivity index (χ4n) is 4.36. The van der Waals surface area contributed by atoms with Gasteiger partial charge >= 0.3 is 5.97 Å². The van der Waals surface area contributed by atoms with Crippen molar-refractivity contribution in [2.24, 2.45) is 0 Å². The van der Waals surface area contributed by atoms with E-state index in [1.807, 2.05) is 30.3 Å². The number of morpholine rings is 1. The number of hydrogen-bond acceptors (Lipinski definition) is 8. The SMILES string of the molecule is CC(CS(=O)(=O)NC1=CCN([C@@H](CC(=O)OCc2ccccc2)C(=O)N2CCOCC2)C1=O)c1ccc(Cl)s1. The minimum absolute atomic E-state index is 0.0283. The van der Waals surface area contributed by atoms with Crippen LogP contribution < -0.4 is 4.72 Å². The summed E-state index contributed by atoms with van der Waals surface area (Å²) in [5.41, 5.74) is 0.639. The number of halogens is 1. The van der Waals surface area contributed by atoms with Gasteiger partial charge in [-0.25, -0.2) is 8.42 Å². The molecule has 0 saturated carbocycles. The van der Waals surface area contributed by atoms with Crippen LogP contribution in [0.1, 0.15) is 29.7 Å². The molecule has 1 fully saturated rings. The highest BCUT2D eigenvalue weighted by atomic mass is 35.5. The number of esters is 1. The fourth-order valence-corrected chi connectivity index (χ4v) is 7.01. The number of sulfonamides is 1. The van der Waals surface area contributed by atoms with E-state index in [4.69, 9.17) is 21.1 Å². The molecule has 0 spiro atoms. The lowest BCUT2D eigenvalue weighted by molar-refractivity contribution is -0.154. The summed E-state index contributed by atoms with van der Waals surface area (Å²) in [6.07, 6.45) is 1.06. The fraction of sp³-hybridized carbons (Fsp3) is 0.423. The zero-order valence-corrected chi connectivity index (χ0v) is 23.8. The number of nitrogens with one attached hydrogen (secondary N) is 1. The molecule has 210 valence electrons. The summed E-state index contributed by atoms with van der Waals surface area (Å²) in [6, 6.07) is 11.4. The van der Waals surface area contributed by atoms with Crippen LogP contribution in [0.5, 0.6) is 0 Å². The van der Waals surface area contributed by atoms with E-state index in [0.29, 0.717) is 30.6 Å². The molecule has 39 heavy (non-hydrogen) atoms. The second kappa shape index (κ2) is 12.9. The number of ether oxygens (including phenoxy) is 2. The summed E-state index contributed by atoms with van der Waals surface area (Å²) < 4.78 is 39.4. The number of nitrogens with zero attached hydrogens (tertiary/aromatic N) is 2. The maximum atomic E-state index is 13.4. The van der Waals surface area contributed by atoms with Gasteiger partial charge in [0.2, 0.25) is 15.9 Å². The van der Waals surface area contributed by atoms with Crippen LogP contribution in [0, 0.1) is 0 Å². The first-order valence-electron chi connectivity index (χ1n) is 12.5. The molecule has 3 heterocycles. The third-order valence-corrected chi connectivity index (χ3v) is 9.32. The van der Waals surface area contributed by atoms with Gasteiger partial charge in [0, 0.05) is 30.4 Å². The maximum absolute atomic E-state index is 13.4. The molecule has 2 atom stereocenters. The monoisotopic (exact) mass is 595 g/mol. The van der Waals surface area contributed by atoms with E-state index in [1.54, 1.807) is 24.0 Å². The van der Waals surface area contributed by atoms with Gasteiger partial charge in [-0.3, -0.25) is 19.1 Å². The quantitative estimate of drug-likeness (QED) is 0.396. The van der Waals surface area contributed by atoms with Gasteiger partial charge in [-0.2, -0.15) is 0 Å². The summed E-state index contributed by atoms with van der Waals surface area (Å²) in [5, 5.41) is 0. The molecule has 0 bridgehead atoms. The molecule has 4 rings (SSSR count). The second-order valence-corrected chi connectivity index (χ2v) is 12.8. The normalized spacial score (nSPS) is 17.5. The summed E-state index contributed by atoms with van der Waals surface area (Å²) in [7, 11) is -3.89. The lowest BCUT2D eigenvalue weighted by Gasteiger charge is -2.34. The summed E-state index contributed by atoms with van der Waals surface area (Å²) in [6.45, 7) is 3.12. The Hall–Kier alpha value is -2.93. The Bertz CT molecular complexity index is 1320. The number of thiophene rings is 1. The number of amides is 2. The molecule has 2 aliphatic heterocycles. The summed E-state index contributed by atoms with van der Waals surface area (Å²) in [5.74, 6) is -2.33. The molecular weight excluding hydrogens is 566 g/mol. The first-order chi connectivity index (χ1) is 18.6. The van der Waals surface area contributed by atoms with Crippen LogP contribution in [0.3, 0.4) is 0 Å². The first-order valence-corrected chi connectivity index (χ1v) is 15.3. The summed E-state index contributed by atoms with van der Waals surface area (Å²) in [4.78, 5) is 43.0. The second-order valence-electron chi connectivity index (χ2n) is 9.31. The molecule has 2 aromatic rings. The highest BCUT2D eigenvalue weighted by Crippen LogP contribution is 2.29. The average molecular weight is 596 g/mol. The van der Waals surface area contributed by atoms with Crippen molar-refractivity contribution in [1.82, 2.24) is 14.5 Å². The van der Waals surface area contributed by atoms with Crippen molar-refractivity contribution in [3.05, 3.63) is 69.0 Å². The van der Waals surface area contributed by atoms with E-state index in [2.05, 4.69) is 4.72 Å². The van der Waals surface area contributed by atoms with Crippen LogP contribution in [0.25, 0.3) is 0 Å². The minimum Gasteiger partial charge on any atom is -0.461 e. The lowest BCUT2D eigenvalue weighted by Crippen LogP contribution is -2.53. The maximum Gasteiger partial charge on any atom is 0.308 e. The van der Waals surface area contributed by atoms with Crippen molar-refractivity contribution in [1.29, 1.82) is 0 Å². The standard InChI is InChI=1S/C26H30ClN3O7S2/c1-18(22-7-8-23(27)38-22)17-39(34,35)28-20-9-10-30(25(20)32)21(26(33)29-11-13-36-14-12-29)15-24(31)37-16-19-5-3-2-4-6-19/h2-9,18,21,28H,10-17H2,1H3/t18?,21-/m0/s1. The molecule has 1 N–H and O–H groups in total. The first kappa shape index (κ1) is 29.1. The van der Waals surface area contributed by atoms with Gasteiger partial charge in [0.15, 0.2) is 0 Å². The predicted molar refractivity (Wildman–Crippen MR) is 147 cm³/mol. The Labute approximate surface area is 236 Å². The molecular formula is C26H30ClN3O7S2. The van der Waals surface area contributed by atoms with Gasteiger partial charge in [0.05, 0.1) is 29.7 Å². The van der Waals surface area contributed by atoms with Crippen LogP contribution in [-0.4, -0.2) is 80.6 Å². The highest BCUT2D eigenvalue weighted by molar-refractivity contribution is 7.89. The number of rotatable bonds is 11. The average Bonchev–Trinajstić information content (AvgIpc) is 3.51. The zero-order chi connectivity index (χ0) is 28.0. The number of hydrogen-bond donors (Lipinski definition) is 1. The Morgan fingerprint density at radius 1 is 1.15 bits per heavy atom. The molecule has 2 aliphatic rings. The van der Waals surface area contributed by atoms with Gasteiger partial charge in [-0.15, -0.1) is 11.3 Å². The molecule has 1 aromatic heterocycles. The molecule has 1 aromatic carbocycles. The van der Waals surface area contributed by atoms with Gasteiger partial charge < -0.3 is 19.3 Å². The van der Waals surface area contributed by atoms with E-state index < -0.39 is 33.8 Å². The molecule has 13 heteroatoms. The van der Waals surface area contributed by atoms with Crippen molar-refractivity contribution >= 4 is 50.7 Å². The number of benzene rings is 1. The molecule has 2 amide bonds. The van der Waals surface area contributed by atoms with Crippen LogP contribution in [-0.2, 0) is 40.5 Å². The smallest absolute Gasteiger partial charge is 0.308 e. The Morgan fingerprint density at radius 3 is 2.54 bits per heavy atom. The van der Waals surface area contributed by atoms with Crippen molar-refractivity contribution < 1.29 is 32.3 Å².